The van der Waals surface area contributed by atoms with Crippen molar-refractivity contribution in [1.82, 2.24) is 4.90 Å². The molecule has 4 atom stereocenters. The summed E-state index contributed by atoms with van der Waals surface area (Å²) in [6.45, 7) is 0.0479. The van der Waals surface area contributed by atoms with E-state index in [4.69, 9.17) is 14.2 Å². The monoisotopic (exact) mass is 626 g/mol. The van der Waals surface area contributed by atoms with Gasteiger partial charge in [-0.3, -0.25) is 19.2 Å². The Morgan fingerprint density at radius 2 is 1.67 bits per heavy atom. The number of allylic oxidation sites excluding steroid dienone is 2. The van der Waals surface area contributed by atoms with E-state index in [0.29, 0.717) is 44.1 Å². The predicted octanol–water partition coefficient (Wildman–Crippen LogP) is 4.56. The van der Waals surface area contributed by atoms with Crippen molar-refractivity contribution in [1.29, 1.82) is 0 Å². The molecule has 0 N–H and O–H groups in total. The summed E-state index contributed by atoms with van der Waals surface area (Å²) in [5.41, 5.74) is 1.59. The highest BCUT2D eigenvalue weighted by Gasteiger charge is 2.63. The zero-order chi connectivity index (χ0) is 29.1. The standard InChI is InChI=1S/C32H23BrN2O7/c1-40-23-9-7-18(13-21(23)33)30(37)28-27-26(22-14-19(11-12-34(22)28)29(36)17-5-3-2-4-6-17)31(38)35(32(27)39)20-8-10-24-25(15-20)42-16-41-24/h2-15,22,26-28H,16H2,1H3/t22-,26+,27-,28+/m1/s1. The number of Topliss-reactive ketones (excluding diaryl/α,β-unsaturated/α-hetero) is 2. The maximum Gasteiger partial charge on any atom is 0.240 e. The third kappa shape index (κ3) is 3.97. The molecule has 2 amide bonds. The van der Waals surface area contributed by atoms with Crippen LogP contribution in [0.1, 0.15) is 20.7 Å². The molecule has 0 aromatic heterocycles. The minimum absolute atomic E-state index is 0.0479. The van der Waals surface area contributed by atoms with E-state index in [0.717, 1.165) is 4.90 Å². The number of carbonyl (C=O) groups is 4. The van der Waals surface area contributed by atoms with Crippen LogP contribution < -0.4 is 19.1 Å². The first-order valence-electron chi connectivity index (χ1n) is 13.3. The maximum absolute atomic E-state index is 14.1. The Hall–Kier alpha value is -4.70. The highest BCUT2D eigenvalue weighted by molar-refractivity contribution is 9.10. The topological polar surface area (TPSA) is 102 Å². The quantitative estimate of drug-likeness (QED) is 0.290. The average molecular weight is 627 g/mol. The van der Waals surface area contributed by atoms with Gasteiger partial charge in [0.15, 0.2) is 23.1 Å². The van der Waals surface area contributed by atoms with Gasteiger partial charge in [0.05, 0.1) is 35.1 Å². The lowest BCUT2D eigenvalue weighted by Gasteiger charge is -2.33. The Morgan fingerprint density at radius 3 is 2.43 bits per heavy atom. The summed E-state index contributed by atoms with van der Waals surface area (Å²) in [6.07, 6.45) is 5.01. The van der Waals surface area contributed by atoms with Gasteiger partial charge in [0, 0.05) is 29.0 Å². The Labute approximate surface area is 249 Å². The Kier molecular flexibility index (Phi) is 6.23. The largest absolute Gasteiger partial charge is 0.496 e. The summed E-state index contributed by atoms with van der Waals surface area (Å²) >= 11 is 3.44. The minimum atomic E-state index is -0.978. The Balaban J connectivity index is 1.31. The highest BCUT2D eigenvalue weighted by atomic mass is 79.9. The highest BCUT2D eigenvalue weighted by Crippen LogP contribution is 2.48. The summed E-state index contributed by atoms with van der Waals surface area (Å²) in [5.74, 6) is -1.81. The molecule has 3 aromatic rings. The number of ether oxygens (including phenoxy) is 3. The van der Waals surface area contributed by atoms with Crippen molar-refractivity contribution in [2.45, 2.75) is 12.1 Å². The van der Waals surface area contributed by atoms with Crippen LogP contribution >= 0.6 is 15.9 Å². The number of hydrogen-bond donors (Lipinski definition) is 0. The number of ketones is 2. The molecule has 2 saturated heterocycles. The van der Waals surface area contributed by atoms with Gasteiger partial charge in [-0.25, -0.2) is 4.90 Å². The van der Waals surface area contributed by atoms with E-state index < -0.39 is 35.7 Å². The van der Waals surface area contributed by atoms with Crippen LogP contribution in [0.5, 0.6) is 17.2 Å². The van der Waals surface area contributed by atoms with Gasteiger partial charge < -0.3 is 19.1 Å². The van der Waals surface area contributed by atoms with E-state index in [9.17, 15) is 19.2 Å². The first-order valence-corrected chi connectivity index (χ1v) is 14.1. The molecule has 0 spiro atoms. The number of methoxy groups -OCH3 is 1. The first-order chi connectivity index (χ1) is 20.4. The minimum Gasteiger partial charge on any atom is -0.496 e. The van der Waals surface area contributed by atoms with Crippen LogP contribution in [0, 0.1) is 11.8 Å². The molecule has 0 bridgehead atoms. The summed E-state index contributed by atoms with van der Waals surface area (Å²) in [4.78, 5) is 58.5. The molecule has 4 aliphatic heterocycles. The van der Waals surface area contributed by atoms with E-state index >= 15 is 0 Å². The second kappa shape index (κ2) is 9.99. The fourth-order valence-electron chi connectivity index (χ4n) is 6.22. The van der Waals surface area contributed by atoms with E-state index in [1.54, 1.807) is 83.9 Å². The smallest absolute Gasteiger partial charge is 0.240 e. The van der Waals surface area contributed by atoms with Crippen molar-refractivity contribution < 1.29 is 33.4 Å². The molecule has 42 heavy (non-hydrogen) atoms. The van der Waals surface area contributed by atoms with Gasteiger partial charge in [0.2, 0.25) is 18.6 Å². The lowest BCUT2D eigenvalue weighted by Crippen LogP contribution is -2.46. The average Bonchev–Trinajstić information content (AvgIpc) is 3.69. The SMILES string of the molecule is COc1ccc(C(=O)[C@@H]2[C@@H]3C(=O)N(c4ccc5c(c4)OCO5)C(=O)[C@H]3[C@H]3C=C(C(=O)c4ccccc4)C=CN32)cc1Br. The summed E-state index contributed by atoms with van der Waals surface area (Å²) in [5, 5.41) is 0. The van der Waals surface area contributed by atoms with E-state index in [2.05, 4.69) is 15.9 Å². The van der Waals surface area contributed by atoms with Gasteiger partial charge in [-0.1, -0.05) is 36.4 Å². The molecule has 0 unspecified atom stereocenters. The number of benzene rings is 3. The van der Waals surface area contributed by atoms with E-state index in [1.807, 2.05) is 6.07 Å². The number of halogens is 1. The van der Waals surface area contributed by atoms with Crippen molar-refractivity contribution in [3.8, 4) is 17.2 Å². The lowest BCUT2D eigenvalue weighted by atomic mass is 9.85. The molecular weight excluding hydrogens is 604 g/mol. The van der Waals surface area contributed by atoms with Crippen LogP contribution in [0.3, 0.4) is 0 Å². The number of carbonyl (C=O) groups excluding carboxylic acids is 4. The number of imide groups is 1. The van der Waals surface area contributed by atoms with Gasteiger partial charge in [-0.2, -0.15) is 0 Å². The predicted molar refractivity (Wildman–Crippen MR) is 154 cm³/mol. The molecule has 4 heterocycles. The van der Waals surface area contributed by atoms with Crippen LogP contribution in [0.25, 0.3) is 0 Å². The van der Waals surface area contributed by atoms with Gasteiger partial charge >= 0.3 is 0 Å². The zero-order valence-corrected chi connectivity index (χ0v) is 23.8. The molecule has 2 fully saturated rings. The van der Waals surface area contributed by atoms with Crippen LogP contribution in [0.2, 0.25) is 0 Å². The van der Waals surface area contributed by atoms with Gasteiger partial charge in [0.25, 0.3) is 0 Å². The molecule has 0 saturated carbocycles. The van der Waals surface area contributed by atoms with Crippen molar-refractivity contribution in [3.05, 3.63) is 106 Å². The van der Waals surface area contributed by atoms with Crippen LogP contribution in [-0.2, 0) is 9.59 Å². The Bertz CT molecular complexity index is 1730. The number of rotatable bonds is 6. The molecule has 3 aromatic carbocycles. The third-order valence-electron chi connectivity index (χ3n) is 8.17. The van der Waals surface area contributed by atoms with Gasteiger partial charge in [-0.05, 0) is 52.3 Å². The number of fused-ring (bicyclic) bond motifs is 4. The van der Waals surface area contributed by atoms with E-state index in [-0.39, 0.29) is 18.4 Å². The molecule has 210 valence electrons. The van der Waals surface area contributed by atoms with Crippen molar-refractivity contribution in [2.75, 3.05) is 18.8 Å². The fourth-order valence-corrected chi connectivity index (χ4v) is 6.76. The lowest BCUT2D eigenvalue weighted by molar-refractivity contribution is -0.123. The van der Waals surface area contributed by atoms with Gasteiger partial charge in [-0.15, -0.1) is 0 Å². The number of amides is 2. The molecule has 0 aliphatic carbocycles. The summed E-state index contributed by atoms with van der Waals surface area (Å²) in [6, 6.07) is 17.0. The first kappa shape index (κ1) is 26.2. The van der Waals surface area contributed by atoms with Crippen LogP contribution in [-0.4, -0.2) is 54.3 Å². The number of hydrogen-bond acceptors (Lipinski definition) is 8. The number of anilines is 1. The van der Waals surface area contributed by atoms with Crippen molar-refractivity contribution >= 4 is 45.0 Å². The second-order valence-corrected chi connectivity index (χ2v) is 11.2. The molecular formula is C32H23BrN2O7. The Morgan fingerprint density at radius 1 is 0.905 bits per heavy atom. The molecule has 0 radical (unpaired) electrons. The normalized spacial score (nSPS) is 23.5. The zero-order valence-electron chi connectivity index (χ0n) is 22.2. The summed E-state index contributed by atoms with van der Waals surface area (Å²) in [7, 11) is 1.53. The molecule has 10 heteroatoms. The molecule has 9 nitrogen and oxygen atoms in total. The van der Waals surface area contributed by atoms with Crippen molar-refractivity contribution in [3.63, 3.8) is 0 Å². The second-order valence-electron chi connectivity index (χ2n) is 10.3. The fraction of sp³-hybridized carbons (Fsp3) is 0.188. The summed E-state index contributed by atoms with van der Waals surface area (Å²) < 4.78 is 16.8. The van der Waals surface area contributed by atoms with Crippen molar-refractivity contribution in [2.24, 2.45) is 11.8 Å². The van der Waals surface area contributed by atoms with Crippen LogP contribution in [0.15, 0.2) is 95.1 Å². The maximum atomic E-state index is 14.1. The molecule has 7 rings (SSSR count). The van der Waals surface area contributed by atoms with Crippen LogP contribution in [0.4, 0.5) is 5.69 Å². The third-order valence-corrected chi connectivity index (χ3v) is 8.79. The molecule has 4 aliphatic rings. The number of nitrogens with zero attached hydrogens (tertiary/aromatic N) is 2. The van der Waals surface area contributed by atoms with Gasteiger partial charge in [0.1, 0.15) is 11.8 Å². The van der Waals surface area contributed by atoms with E-state index in [1.165, 1.54) is 7.11 Å².